The minimum absolute atomic E-state index is 0.0461. The van der Waals surface area contributed by atoms with Crippen LogP contribution in [0.3, 0.4) is 0 Å². The quantitative estimate of drug-likeness (QED) is 0.745. The van der Waals surface area contributed by atoms with Crippen molar-refractivity contribution in [2.24, 2.45) is 13.0 Å². The van der Waals surface area contributed by atoms with E-state index < -0.39 is 0 Å². The number of nitrogens with zero attached hydrogens (tertiary/aromatic N) is 1. The maximum atomic E-state index is 12.1. The van der Waals surface area contributed by atoms with E-state index in [1.165, 1.54) is 0 Å². The number of aryl methyl sites for hydroxylation is 1. The number of rotatable bonds is 2. The molecule has 0 radical (unpaired) electrons. The number of hydrogen-bond donors (Lipinski definition) is 0. The first-order valence-corrected chi connectivity index (χ1v) is 6.16. The molecule has 0 bridgehead atoms. The number of carbonyl (C=O) groups excluding carboxylic acids is 1. The third kappa shape index (κ3) is 1.96. The van der Waals surface area contributed by atoms with E-state index in [2.05, 4.69) is 0 Å². The van der Waals surface area contributed by atoms with Crippen LogP contribution in [0.15, 0.2) is 18.2 Å². The molecular formula is C13H13Cl2NO. The summed E-state index contributed by atoms with van der Waals surface area (Å²) < 4.78 is 1.83. The largest absolute Gasteiger partial charge is 0.340 e. The third-order valence-electron chi connectivity index (χ3n) is 2.86. The molecular weight excluding hydrogens is 257 g/mol. The summed E-state index contributed by atoms with van der Waals surface area (Å²) in [4.78, 5) is 12.1. The highest BCUT2D eigenvalue weighted by Crippen LogP contribution is 2.33. The van der Waals surface area contributed by atoms with E-state index in [-0.39, 0.29) is 11.7 Å². The van der Waals surface area contributed by atoms with Gasteiger partial charge in [0.25, 0.3) is 0 Å². The Kier molecular flexibility index (Phi) is 3.19. The van der Waals surface area contributed by atoms with E-state index >= 15 is 0 Å². The molecule has 2 nitrogen and oxygen atoms in total. The summed E-state index contributed by atoms with van der Waals surface area (Å²) in [6, 6.07) is 5.46. The lowest BCUT2D eigenvalue weighted by atomic mass is 10.1. The van der Waals surface area contributed by atoms with Gasteiger partial charge in [-0.15, -0.1) is 0 Å². The Hall–Kier alpha value is -0.990. The molecule has 0 spiro atoms. The third-order valence-corrected chi connectivity index (χ3v) is 3.48. The van der Waals surface area contributed by atoms with Gasteiger partial charge in [-0.3, -0.25) is 4.79 Å². The number of aromatic nitrogens is 1. The van der Waals surface area contributed by atoms with Crippen LogP contribution in [0.4, 0.5) is 0 Å². The van der Waals surface area contributed by atoms with Crippen molar-refractivity contribution in [3.8, 4) is 0 Å². The van der Waals surface area contributed by atoms with Crippen molar-refractivity contribution in [3.05, 3.63) is 33.9 Å². The molecule has 1 heterocycles. The molecule has 90 valence electrons. The van der Waals surface area contributed by atoms with Crippen molar-refractivity contribution < 1.29 is 4.79 Å². The first-order chi connectivity index (χ1) is 7.93. The topological polar surface area (TPSA) is 22.0 Å². The van der Waals surface area contributed by atoms with Crippen LogP contribution >= 0.6 is 23.2 Å². The summed E-state index contributed by atoms with van der Waals surface area (Å²) in [6.45, 7) is 3.73. The Morgan fingerprint density at radius 3 is 2.53 bits per heavy atom. The summed E-state index contributed by atoms with van der Waals surface area (Å²) in [5.41, 5.74) is 1.47. The van der Waals surface area contributed by atoms with E-state index in [0.29, 0.717) is 15.7 Å². The molecule has 0 N–H and O–H groups in total. The van der Waals surface area contributed by atoms with Crippen LogP contribution < -0.4 is 0 Å². The molecule has 1 aromatic carbocycles. The van der Waals surface area contributed by atoms with Gasteiger partial charge in [-0.05, 0) is 18.2 Å². The lowest BCUT2D eigenvalue weighted by Crippen LogP contribution is -2.12. The van der Waals surface area contributed by atoms with Gasteiger partial charge in [-0.2, -0.15) is 0 Å². The monoisotopic (exact) mass is 269 g/mol. The van der Waals surface area contributed by atoms with Crippen LogP contribution in [0, 0.1) is 5.92 Å². The lowest BCUT2D eigenvalue weighted by molar-refractivity contribution is 0.0932. The number of fused-ring (bicyclic) bond motifs is 1. The Balaban J connectivity index is 2.77. The zero-order valence-electron chi connectivity index (χ0n) is 9.92. The molecule has 0 unspecified atom stereocenters. The molecule has 0 fully saturated rings. The number of carbonyl (C=O) groups is 1. The highest BCUT2D eigenvalue weighted by molar-refractivity contribution is 6.40. The van der Waals surface area contributed by atoms with Crippen LogP contribution in [-0.4, -0.2) is 10.4 Å². The molecule has 0 atom stereocenters. The second-order valence-electron chi connectivity index (χ2n) is 4.40. The van der Waals surface area contributed by atoms with Crippen molar-refractivity contribution >= 4 is 39.9 Å². The fraction of sp³-hybridized carbons (Fsp3) is 0.308. The normalized spacial score (nSPS) is 11.4. The summed E-state index contributed by atoms with van der Waals surface area (Å²) in [6.07, 6.45) is 0. The van der Waals surface area contributed by atoms with E-state index in [1.54, 1.807) is 12.1 Å². The average Bonchev–Trinajstić information content (AvgIpc) is 2.50. The molecule has 1 aromatic heterocycles. The number of ketones is 1. The molecule has 0 aliphatic rings. The fourth-order valence-corrected chi connectivity index (χ4v) is 2.46. The van der Waals surface area contributed by atoms with Crippen LogP contribution in [0.1, 0.15) is 24.3 Å². The highest BCUT2D eigenvalue weighted by atomic mass is 35.5. The first-order valence-electron chi connectivity index (χ1n) is 5.41. The summed E-state index contributed by atoms with van der Waals surface area (Å²) in [5, 5.41) is 1.93. The van der Waals surface area contributed by atoms with Gasteiger partial charge in [-0.1, -0.05) is 37.0 Å². The Bertz CT molecular complexity index is 599. The van der Waals surface area contributed by atoms with Gasteiger partial charge in [0, 0.05) is 28.9 Å². The SMILES string of the molecule is CC(C)C(=O)c1c(Cl)c2cc(Cl)ccc2n1C. The van der Waals surface area contributed by atoms with Gasteiger partial charge in [-0.25, -0.2) is 0 Å². The summed E-state index contributed by atoms with van der Waals surface area (Å²) in [5.74, 6) is -0.0317. The van der Waals surface area contributed by atoms with E-state index in [1.807, 2.05) is 31.5 Å². The van der Waals surface area contributed by atoms with Crippen molar-refractivity contribution in [3.63, 3.8) is 0 Å². The minimum atomic E-state index is -0.0778. The molecule has 2 aromatic rings. The number of halogens is 2. The predicted octanol–water partition coefficient (Wildman–Crippen LogP) is 4.32. The van der Waals surface area contributed by atoms with Gasteiger partial charge in [0.1, 0.15) is 5.69 Å². The number of hydrogen-bond acceptors (Lipinski definition) is 1. The molecule has 0 aliphatic carbocycles. The Morgan fingerprint density at radius 1 is 1.29 bits per heavy atom. The second kappa shape index (κ2) is 4.35. The molecule has 0 saturated heterocycles. The van der Waals surface area contributed by atoms with Crippen LogP contribution in [0.2, 0.25) is 10.0 Å². The maximum absolute atomic E-state index is 12.1. The molecule has 17 heavy (non-hydrogen) atoms. The lowest BCUT2D eigenvalue weighted by Gasteiger charge is -2.06. The zero-order chi connectivity index (χ0) is 12.7. The Labute approximate surface area is 110 Å². The average molecular weight is 270 g/mol. The van der Waals surface area contributed by atoms with Crippen molar-refractivity contribution in [2.75, 3.05) is 0 Å². The van der Waals surface area contributed by atoms with Crippen molar-refractivity contribution in [1.82, 2.24) is 4.57 Å². The van der Waals surface area contributed by atoms with Gasteiger partial charge in [0.05, 0.1) is 5.02 Å². The maximum Gasteiger partial charge on any atom is 0.183 e. The van der Waals surface area contributed by atoms with Gasteiger partial charge < -0.3 is 4.57 Å². The smallest absolute Gasteiger partial charge is 0.183 e. The molecule has 0 saturated carbocycles. The van der Waals surface area contributed by atoms with E-state index in [9.17, 15) is 4.79 Å². The molecule has 2 rings (SSSR count). The molecule has 0 aliphatic heterocycles. The number of benzene rings is 1. The minimum Gasteiger partial charge on any atom is -0.340 e. The standard InChI is InChI=1S/C13H13Cl2NO/c1-7(2)13(17)12-11(15)9-6-8(14)4-5-10(9)16(12)3/h4-7H,1-3H3. The first kappa shape index (κ1) is 12.5. The van der Waals surface area contributed by atoms with E-state index in [4.69, 9.17) is 23.2 Å². The predicted molar refractivity (Wildman–Crippen MR) is 72.1 cm³/mol. The van der Waals surface area contributed by atoms with Gasteiger partial charge in [0.2, 0.25) is 0 Å². The van der Waals surface area contributed by atoms with Crippen molar-refractivity contribution in [1.29, 1.82) is 0 Å². The van der Waals surface area contributed by atoms with Crippen LogP contribution in [0.5, 0.6) is 0 Å². The number of Topliss-reactive ketones (excluding diaryl/α,β-unsaturated/α-hetero) is 1. The van der Waals surface area contributed by atoms with Crippen LogP contribution in [-0.2, 0) is 7.05 Å². The van der Waals surface area contributed by atoms with Crippen LogP contribution in [0.25, 0.3) is 10.9 Å². The summed E-state index contributed by atoms with van der Waals surface area (Å²) in [7, 11) is 1.84. The van der Waals surface area contributed by atoms with Gasteiger partial charge >= 0.3 is 0 Å². The fourth-order valence-electron chi connectivity index (χ4n) is 1.92. The molecule has 4 heteroatoms. The highest BCUT2D eigenvalue weighted by Gasteiger charge is 2.21. The van der Waals surface area contributed by atoms with E-state index in [0.717, 1.165) is 10.9 Å². The Morgan fingerprint density at radius 2 is 1.94 bits per heavy atom. The second-order valence-corrected chi connectivity index (χ2v) is 5.22. The molecule has 0 amide bonds. The zero-order valence-corrected chi connectivity index (χ0v) is 11.4. The van der Waals surface area contributed by atoms with Crippen molar-refractivity contribution in [2.45, 2.75) is 13.8 Å². The summed E-state index contributed by atoms with van der Waals surface area (Å²) >= 11 is 12.2. The van der Waals surface area contributed by atoms with Gasteiger partial charge in [0.15, 0.2) is 5.78 Å².